The molecule has 2 aromatic rings. The first-order valence-corrected chi connectivity index (χ1v) is 9.17. The van der Waals surface area contributed by atoms with E-state index in [0.29, 0.717) is 13.1 Å². The van der Waals surface area contributed by atoms with Crippen molar-refractivity contribution in [2.45, 2.75) is 25.4 Å². The number of amides is 2. The zero-order valence-electron chi connectivity index (χ0n) is 15.8. The highest BCUT2D eigenvalue weighted by molar-refractivity contribution is 6.08. The van der Waals surface area contributed by atoms with Gasteiger partial charge >= 0.3 is 6.18 Å². The fourth-order valence-electron chi connectivity index (χ4n) is 3.12. The van der Waals surface area contributed by atoms with Gasteiger partial charge in [-0.3, -0.25) is 14.3 Å². The Hall–Kier alpha value is -3.04. The largest absolute Gasteiger partial charge is 0.484 e. The Labute approximate surface area is 165 Å². The van der Waals surface area contributed by atoms with Crippen molar-refractivity contribution < 1.29 is 27.5 Å². The second-order valence-electron chi connectivity index (χ2n) is 6.77. The first-order chi connectivity index (χ1) is 13.7. The van der Waals surface area contributed by atoms with Crippen LogP contribution in [-0.4, -0.2) is 52.4 Å². The number of anilines is 1. The van der Waals surface area contributed by atoms with E-state index < -0.39 is 18.7 Å². The maximum atomic E-state index is 12.8. The third-order valence-corrected chi connectivity index (χ3v) is 4.53. The van der Waals surface area contributed by atoms with Crippen LogP contribution in [0.2, 0.25) is 0 Å². The lowest BCUT2D eigenvalue weighted by molar-refractivity contribution is -0.153. The highest BCUT2D eigenvalue weighted by Crippen LogP contribution is 2.22. The Morgan fingerprint density at radius 1 is 1.21 bits per heavy atom. The predicted octanol–water partition coefficient (Wildman–Crippen LogP) is 3.24. The molecule has 1 aromatic heterocycles. The molecule has 1 fully saturated rings. The number of aromatic nitrogens is 2. The molecule has 156 valence electrons. The number of piperidine rings is 1. The maximum Gasteiger partial charge on any atom is 0.422 e. The van der Waals surface area contributed by atoms with Crippen LogP contribution in [0.1, 0.15) is 40.1 Å². The van der Waals surface area contributed by atoms with Gasteiger partial charge in [-0.15, -0.1) is 0 Å². The van der Waals surface area contributed by atoms with Crippen LogP contribution in [-0.2, 0) is 7.05 Å². The lowest BCUT2D eigenvalue weighted by atomic mass is 10.1. The molecule has 7 nitrogen and oxygen atoms in total. The Morgan fingerprint density at radius 3 is 2.62 bits per heavy atom. The zero-order chi connectivity index (χ0) is 21.0. The lowest BCUT2D eigenvalue weighted by Gasteiger charge is -2.27. The van der Waals surface area contributed by atoms with E-state index in [0.717, 1.165) is 19.3 Å². The van der Waals surface area contributed by atoms with Crippen LogP contribution >= 0.6 is 0 Å². The van der Waals surface area contributed by atoms with Gasteiger partial charge in [-0.05, 0) is 37.5 Å². The summed E-state index contributed by atoms with van der Waals surface area (Å²) in [4.78, 5) is 27.1. The molecule has 1 N–H and O–H groups in total. The van der Waals surface area contributed by atoms with E-state index in [1.165, 1.54) is 35.1 Å². The van der Waals surface area contributed by atoms with Gasteiger partial charge in [0.05, 0.1) is 11.9 Å². The van der Waals surface area contributed by atoms with Crippen molar-refractivity contribution >= 4 is 17.5 Å². The van der Waals surface area contributed by atoms with Crippen molar-refractivity contribution in [1.29, 1.82) is 0 Å². The number of hydrogen-bond acceptors (Lipinski definition) is 4. The van der Waals surface area contributed by atoms with E-state index in [9.17, 15) is 22.8 Å². The SMILES string of the molecule is Cn1ncc(NC(=O)c2cccc(OCC(F)(F)F)c2)c1C(=O)N1CCCCC1. The topological polar surface area (TPSA) is 76.5 Å². The average Bonchev–Trinajstić information content (AvgIpc) is 3.06. The minimum Gasteiger partial charge on any atom is -0.484 e. The number of ether oxygens (including phenoxy) is 1. The number of likely N-dealkylation sites (tertiary alicyclic amines) is 1. The molecule has 10 heteroatoms. The number of aryl methyl sites for hydroxylation is 1. The van der Waals surface area contributed by atoms with Gasteiger partial charge in [-0.2, -0.15) is 18.3 Å². The van der Waals surface area contributed by atoms with E-state index in [1.54, 1.807) is 11.9 Å². The molecule has 1 aromatic carbocycles. The van der Waals surface area contributed by atoms with Gasteiger partial charge < -0.3 is 15.0 Å². The van der Waals surface area contributed by atoms with Crippen molar-refractivity contribution in [3.05, 3.63) is 41.7 Å². The maximum absolute atomic E-state index is 12.8. The summed E-state index contributed by atoms with van der Waals surface area (Å²) >= 11 is 0. The van der Waals surface area contributed by atoms with Crippen LogP contribution in [0.25, 0.3) is 0 Å². The molecule has 3 rings (SSSR count). The van der Waals surface area contributed by atoms with Crippen molar-refractivity contribution in [1.82, 2.24) is 14.7 Å². The summed E-state index contributed by atoms with van der Waals surface area (Å²) in [6.07, 6.45) is -0.172. The quantitative estimate of drug-likeness (QED) is 0.821. The minimum atomic E-state index is -4.47. The number of benzene rings is 1. The Morgan fingerprint density at radius 2 is 1.93 bits per heavy atom. The second kappa shape index (κ2) is 8.54. The molecule has 0 aliphatic carbocycles. The summed E-state index contributed by atoms with van der Waals surface area (Å²) < 4.78 is 43.0. The van der Waals surface area contributed by atoms with Crippen molar-refractivity contribution in [2.24, 2.45) is 7.05 Å². The molecule has 0 atom stereocenters. The van der Waals surface area contributed by atoms with E-state index >= 15 is 0 Å². The number of nitrogens with one attached hydrogen (secondary N) is 1. The van der Waals surface area contributed by atoms with E-state index in [4.69, 9.17) is 0 Å². The lowest BCUT2D eigenvalue weighted by Crippen LogP contribution is -2.37. The minimum absolute atomic E-state index is 0.0780. The first-order valence-electron chi connectivity index (χ1n) is 9.17. The molecule has 1 aliphatic heterocycles. The van der Waals surface area contributed by atoms with Crippen LogP contribution in [0, 0.1) is 0 Å². The number of hydrogen-bond donors (Lipinski definition) is 1. The van der Waals surface area contributed by atoms with Gasteiger partial charge in [0.25, 0.3) is 11.8 Å². The monoisotopic (exact) mass is 410 g/mol. The standard InChI is InChI=1S/C19H21F3N4O3/c1-25-16(18(28)26-8-3-2-4-9-26)15(11-23-25)24-17(27)13-6-5-7-14(10-13)29-12-19(20,21)22/h5-7,10-11H,2-4,8-9,12H2,1H3,(H,24,27). The molecule has 29 heavy (non-hydrogen) atoms. The van der Waals surface area contributed by atoms with Gasteiger partial charge in [0, 0.05) is 25.7 Å². The third-order valence-electron chi connectivity index (χ3n) is 4.53. The number of halogens is 3. The molecular formula is C19H21F3N4O3. The first kappa shape index (κ1) is 20.7. The van der Waals surface area contributed by atoms with Gasteiger partial charge in [0.15, 0.2) is 6.61 Å². The third kappa shape index (κ3) is 5.27. The molecule has 0 radical (unpaired) electrons. The van der Waals surface area contributed by atoms with Crippen molar-refractivity contribution in [3.63, 3.8) is 0 Å². The molecule has 0 saturated carbocycles. The second-order valence-corrected chi connectivity index (χ2v) is 6.77. The number of carbonyl (C=O) groups is 2. The molecule has 2 heterocycles. The van der Waals surface area contributed by atoms with Crippen LogP contribution in [0.5, 0.6) is 5.75 Å². The zero-order valence-corrected chi connectivity index (χ0v) is 15.8. The molecule has 1 saturated heterocycles. The van der Waals surface area contributed by atoms with Crippen LogP contribution in [0.3, 0.4) is 0 Å². The molecule has 0 spiro atoms. The van der Waals surface area contributed by atoms with Crippen LogP contribution in [0.15, 0.2) is 30.5 Å². The fourth-order valence-corrected chi connectivity index (χ4v) is 3.12. The molecule has 0 unspecified atom stereocenters. The highest BCUT2D eigenvalue weighted by Gasteiger charge is 2.29. The summed E-state index contributed by atoms with van der Waals surface area (Å²) in [5, 5.41) is 6.68. The Balaban J connectivity index is 1.74. The highest BCUT2D eigenvalue weighted by atomic mass is 19.4. The number of alkyl halides is 3. The van der Waals surface area contributed by atoms with Gasteiger partial charge in [-0.25, -0.2) is 0 Å². The molecule has 2 amide bonds. The summed E-state index contributed by atoms with van der Waals surface area (Å²) in [7, 11) is 1.61. The smallest absolute Gasteiger partial charge is 0.422 e. The molecule has 1 aliphatic rings. The average molecular weight is 410 g/mol. The molecular weight excluding hydrogens is 389 g/mol. The van der Waals surface area contributed by atoms with Crippen LogP contribution in [0.4, 0.5) is 18.9 Å². The summed E-state index contributed by atoms with van der Waals surface area (Å²) in [5.74, 6) is -0.879. The van der Waals surface area contributed by atoms with Gasteiger partial charge in [-0.1, -0.05) is 6.07 Å². The normalized spacial score (nSPS) is 14.6. The van der Waals surface area contributed by atoms with Crippen molar-refractivity contribution in [3.8, 4) is 5.75 Å². The Bertz CT molecular complexity index is 889. The number of nitrogens with zero attached hydrogens (tertiary/aromatic N) is 3. The van der Waals surface area contributed by atoms with Crippen LogP contribution < -0.4 is 10.1 Å². The van der Waals surface area contributed by atoms with E-state index in [2.05, 4.69) is 15.2 Å². The summed E-state index contributed by atoms with van der Waals surface area (Å²) in [5.41, 5.74) is 0.601. The van der Waals surface area contributed by atoms with Gasteiger partial charge in [0.1, 0.15) is 11.4 Å². The number of rotatable bonds is 5. The summed E-state index contributed by atoms with van der Waals surface area (Å²) in [6, 6.07) is 5.41. The summed E-state index contributed by atoms with van der Waals surface area (Å²) in [6.45, 7) is -0.152. The van der Waals surface area contributed by atoms with E-state index in [-0.39, 0.29) is 28.6 Å². The van der Waals surface area contributed by atoms with E-state index in [1.807, 2.05) is 0 Å². The fraction of sp³-hybridized carbons (Fsp3) is 0.421. The predicted molar refractivity (Wildman–Crippen MR) is 98.9 cm³/mol. The Kier molecular flexibility index (Phi) is 6.09. The van der Waals surface area contributed by atoms with Gasteiger partial charge in [0.2, 0.25) is 0 Å². The molecule has 0 bridgehead atoms. The van der Waals surface area contributed by atoms with Crippen molar-refractivity contribution in [2.75, 3.05) is 25.0 Å². The number of carbonyl (C=O) groups excluding carboxylic acids is 2.